The van der Waals surface area contributed by atoms with Crippen LogP contribution in [0.3, 0.4) is 0 Å². The second-order valence-electron chi connectivity index (χ2n) is 7.12. The fraction of sp³-hybridized carbons (Fsp3) is 0.350. The standard InChI is InChI=1S/C20H21N5O3S/c1-13(26)17-9-15(12-29-17)19(27)22-16-4-5-18-23-25(20(28)24(18)8-6-16)11-14-3-2-7-21-10-14/h2-3,7,9-10,12,16H,4-6,8,11H2,1H3,(H,22,27). The predicted octanol–water partition coefficient (Wildman–Crippen LogP) is 1.89. The summed E-state index contributed by atoms with van der Waals surface area (Å²) in [6.07, 6.45) is 5.40. The number of amides is 1. The zero-order valence-corrected chi connectivity index (χ0v) is 16.8. The van der Waals surface area contributed by atoms with Gasteiger partial charge in [-0.1, -0.05) is 6.07 Å². The van der Waals surface area contributed by atoms with Crippen LogP contribution in [0.2, 0.25) is 0 Å². The lowest BCUT2D eigenvalue weighted by molar-refractivity contribution is 0.0933. The van der Waals surface area contributed by atoms with Crippen molar-refractivity contribution < 1.29 is 9.59 Å². The zero-order chi connectivity index (χ0) is 20.4. The maximum absolute atomic E-state index is 12.7. The molecular formula is C20H21N5O3S. The highest BCUT2D eigenvalue weighted by Gasteiger charge is 2.23. The lowest BCUT2D eigenvalue weighted by Gasteiger charge is -2.15. The Labute approximate surface area is 171 Å². The summed E-state index contributed by atoms with van der Waals surface area (Å²) in [5.41, 5.74) is 1.29. The number of thiophene rings is 1. The van der Waals surface area contributed by atoms with E-state index in [9.17, 15) is 14.4 Å². The molecule has 4 heterocycles. The molecule has 0 radical (unpaired) electrons. The molecular weight excluding hydrogens is 390 g/mol. The number of rotatable bonds is 5. The number of ketones is 1. The van der Waals surface area contributed by atoms with Gasteiger partial charge in [0.15, 0.2) is 5.78 Å². The van der Waals surface area contributed by atoms with Gasteiger partial charge in [0.1, 0.15) is 5.82 Å². The summed E-state index contributed by atoms with van der Waals surface area (Å²) in [5.74, 6) is 0.508. The zero-order valence-electron chi connectivity index (χ0n) is 16.0. The van der Waals surface area contributed by atoms with Gasteiger partial charge in [0.05, 0.1) is 17.0 Å². The van der Waals surface area contributed by atoms with Gasteiger partial charge in [-0.05, 0) is 37.5 Å². The molecule has 0 fully saturated rings. The molecule has 0 aliphatic carbocycles. The van der Waals surface area contributed by atoms with Crippen LogP contribution in [0.15, 0.2) is 40.8 Å². The van der Waals surface area contributed by atoms with Crippen LogP contribution in [0.25, 0.3) is 0 Å². The highest BCUT2D eigenvalue weighted by molar-refractivity contribution is 7.12. The Morgan fingerprint density at radius 1 is 1.34 bits per heavy atom. The van der Waals surface area contributed by atoms with E-state index in [1.54, 1.807) is 28.4 Å². The first kappa shape index (κ1) is 19.3. The normalized spacial score (nSPS) is 16.1. The second kappa shape index (κ2) is 8.12. The number of hydrogen-bond donors (Lipinski definition) is 1. The van der Waals surface area contributed by atoms with Crippen molar-refractivity contribution in [3.05, 3.63) is 68.3 Å². The lowest BCUT2D eigenvalue weighted by atomic mass is 10.1. The van der Waals surface area contributed by atoms with E-state index >= 15 is 0 Å². The van der Waals surface area contributed by atoms with Crippen molar-refractivity contribution in [2.24, 2.45) is 0 Å². The van der Waals surface area contributed by atoms with Crippen LogP contribution in [-0.4, -0.2) is 37.1 Å². The number of fused-ring (bicyclic) bond motifs is 1. The molecule has 1 aliphatic heterocycles. The quantitative estimate of drug-likeness (QED) is 0.647. The number of carbonyl (C=O) groups excluding carboxylic acids is 2. The SMILES string of the molecule is CC(=O)c1cc(C(=O)NC2CCc3nn(Cc4cccnc4)c(=O)n3CC2)cs1. The van der Waals surface area contributed by atoms with Crippen molar-refractivity contribution in [3.63, 3.8) is 0 Å². The van der Waals surface area contributed by atoms with Gasteiger partial charge >= 0.3 is 5.69 Å². The molecule has 8 nitrogen and oxygen atoms in total. The number of pyridine rings is 1. The Morgan fingerprint density at radius 3 is 2.93 bits per heavy atom. The number of aromatic nitrogens is 4. The summed E-state index contributed by atoms with van der Waals surface area (Å²) in [4.78, 5) is 41.3. The average molecular weight is 411 g/mol. The van der Waals surface area contributed by atoms with Crippen molar-refractivity contribution in [1.82, 2.24) is 24.6 Å². The average Bonchev–Trinajstić information content (AvgIpc) is 3.26. The number of nitrogens with zero attached hydrogens (tertiary/aromatic N) is 4. The summed E-state index contributed by atoms with van der Waals surface area (Å²) >= 11 is 1.27. The van der Waals surface area contributed by atoms with Crippen molar-refractivity contribution in [2.45, 2.75) is 45.3 Å². The number of aryl methyl sites for hydroxylation is 1. The maximum Gasteiger partial charge on any atom is 0.346 e. The monoisotopic (exact) mass is 411 g/mol. The summed E-state index contributed by atoms with van der Waals surface area (Å²) in [7, 11) is 0. The highest BCUT2D eigenvalue weighted by Crippen LogP contribution is 2.17. The second-order valence-corrected chi connectivity index (χ2v) is 8.03. The van der Waals surface area contributed by atoms with E-state index in [0.29, 0.717) is 42.8 Å². The molecule has 1 aliphatic rings. The minimum atomic E-state index is -0.188. The van der Waals surface area contributed by atoms with E-state index in [1.165, 1.54) is 22.9 Å². The molecule has 0 saturated heterocycles. The number of nitrogens with one attached hydrogen (secondary N) is 1. The molecule has 3 aromatic heterocycles. The van der Waals surface area contributed by atoms with Gasteiger partial charge < -0.3 is 5.32 Å². The third kappa shape index (κ3) is 4.19. The summed E-state index contributed by atoms with van der Waals surface area (Å²) in [6.45, 7) is 2.39. The molecule has 0 bridgehead atoms. The van der Waals surface area contributed by atoms with Crippen molar-refractivity contribution in [2.75, 3.05) is 0 Å². The Kier molecular flexibility index (Phi) is 5.39. The fourth-order valence-corrected chi connectivity index (χ4v) is 4.24. The predicted molar refractivity (Wildman–Crippen MR) is 108 cm³/mol. The molecule has 0 saturated carbocycles. The van der Waals surface area contributed by atoms with Crippen LogP contribution in [0.4, 0.5) is 0 Å². The van der Waals surface area contributed by atoms with E-state index in [-0.39, 0.29) is 23.4 Å². The number of hydrogen-bond acceptors (Lipinski definition) is 6. The van der Waals surface area contributed by atoms with Crippen LogP contribution in [-0.2, 0) is 19.5 Å². The van der Waals surface area contributed by atoms with Gasteiger partial charge in [0, 0.05) is 36.8 Å². The molecule has 1 atom stereocenters. The first-order valence-corrected chi connectivity index (χ1v) is 10.3. The van der Waals surface area contributed by atoms with Gasteiger partial charge in [-0.3, -0.25) is 19.1 Å². The fourth-order valence-electron chi connectivity index (χ4n) is 3.45. The first-order valence-electron chi connectivity index (χ1n) is 9.47. The highest BCUT2D eigenvalue weighted by atomic mass is 32.1. The van der Waals surface area contributed by atoms with Crippen molar-refractivity contribution in [3.8, 4) is 0 Å². The molecule has 0 spiro atoms. The minimum absolute atomic E-state index is 0.0449. The Hall–Kier alpha value is -3.07. The molecule has 1 amide bonds. The Morgan fingerprint density at radius 2 is 2.21 bits per heavy atom. The van der Waals surface area contributed by atoms with Crippen LogP contribution >= 0.6 is 11.3 Å². The van der Waals surface area contributed by atoms with E-state index < -0.39 is 0 Å². The maximum atomic E-state index is 12.7. The van der Waals surface area contributed by atoms with Crippen LogP contribution < -0.4 is 11.0 Å². The minimum Gasteiger partial charge on any atom is -0.349 e. The number of carbonyl (C=O) groups is 2. The lowest BCUT2D eigenvalue weighted by Crippen LogP contribution is -2.35. The van der Waals surface area contributed by atoms with E-state index in [4.69, 9.17) is 0 Å². The van der Waals surface area contributed by atoms with Crippen LogP contribution in [0.1, 0.15) is 51.2 Å². The Bertz CT molecular complexity index is 1100. The third-order valence-electron chi connectivity index (χ3n) is 5.02. The summed E-state index contributed by atoms with van der Waals surface area (Å²) < 4.78 is 3.17. The first-order chi connectivity index (χ1) is 14.0. The van der Waals surface area contributed by atoms with Gasteiger partial charge in [-0.15, -0.1) is 11.3 Å². The molecule has 1 N–H and O–H groups in total. The molecule has 1 unspecified atom stereocenters. The van der Waals surface area contributed by atoms with Gasteiger partial charge in [-0.25, -0.2) is 9.48 Å². The number of Topliss-reactive ketones (excluding diaryl/α,β-unsaturated/α-hetero) is 1. The summed E-state index contributed by atoms with van der Waals surface area (Å²) in [5, 5.41) is 9.21. The van der Waals surface area contributed by atoms with Crippen molar-refractivity contribution in [1.29, 1.82) is 0 Å². The van der Waals surface area contributed by atoms with E-state index in [0.717, 1.165) is 11.4 Å². The van der Waals surface area contributed by atoms with Gasteiger partial charge in [0.2, 0.25) is 0 Å². The largest absolute Gasteiger partial charge is 0.349 e. The van der Waals surface area contributed by atoms with Crippen LogP contribution in [0, 0.1) is 0 Å². The van der Waals surface area contributed by atoms with Gasteiger partial charge in [-0.2, -0.15) is 5.10 Å². The molecule has 9 heteroatoms. The summed E-state index contributed by atoms with van der Waals surface area (Å²) in [6, 6.07) is 5.33. The smallest absolute Gasteiger partial charge is 0.346 e. The molecule has 29 heavy (non-hydrogen) atoms. The molecule has 4 rings (SSSR count). The third-order valence-corrected chi connectivity index (χ3v) is 6.05. The van der Waals surface area contributed by atoms with Gasteiger partial charge in [0.25, 0.3) is 5.91 Å². The topological polar surface area (TPSA) is 98.9 Å². The Balaban J connectivity index is 1.41. The molecule has 150 valence electrons. The van der Waals surface area contributed by atoms with Crippen LogP contribution in [0.5, 0.6) is 0 Å². The molecule has 3 aromatic rings. The molecule has 0 aromatic carbocycles. The van der Waals surface area contributed by atoms with E-state index in [1.807, 2.05) is 12.1 Å². The van der Waals surface area contributed by atoms with E-state index in [2.05, 4.69) is 15.4 Å². The van der Waals surface area contributed by atoms with Crippen molar-refractivity contribution >= 4 is 23.0 Å².